The van der Waals surface area contributed by atoms with Crippen LogP contribution in [0.5, 0.6) is 17.2 Å². The zero-order valence-corrected chi connectivity index (χ0v) is 18.3. The maximum Gasteiger partial charge on any atom is 0.272 e. The maximum absolute atomic E-state index is 13.2. The van der Waals surface area contributed by atoms with Crippen LogP contribution in [-0.4, -0.2) is 65.6 Å². The molecule has 5 rings (SSSR count). The number of aromatic nitrogens is 2. The molecule has 3 heterocycles. The smallest absolute Gasteiger partial charge is 0.272 e. The Kier molecular flexibility index (Phi) is 5.45. The Morgan fingerprint density at radius 1 is 1.03 bits per heavy atom. The molecule has 32 heavy (non-hydrogen) atoms. The van der Waals surface area contributed by atoms with Gasteiger partial charge < -0.3 is 19.1 Å². The number of carbonyl (C=O) groups excluding carboxylic acids is 1. The lowest BCUT2D eigenvalue weighted by atomic mass is 10.1. The van der Waals surface area contributed by atoms with E-state index < -0.39 is 0 Å². The SMILES string of the molecule is COc1cccc(-c2cc(C(=O)N3CCN(Cc4ccc5c(c4)OCO5)CC3)n(C)n2)c1. The minimum absolute atomic E-state index is 0.0110. The average molecular weight is 434 g/mol. The van der Waals surface area contributed by atoms with Crippen molar-refractivity contribution in [2.75, 3.05) is 40.1 Å². The van der Waals surface area contributed by atoms with Crippen molar-refractivity contribution >= 4 is 5.91 Å². The Morgan fingerprint density at radius 3 is 2.66 bits per heavy atom. The molecule has 0 bridgehead atoms. The van der Waals surface area contributed by atoms with Gasteiger partial charge in [0.15, 0.2) is 11.5 Å². The second kappa shape index (κ2) is 8.55. The van der Waals surface area contributed by atoms with Crippen LogP contribution in [0.4, 0.5) is 0 Å². The van der Waals surface area contributed by atoms with Crippen LogP contribution >= 0.6 is 0 Å². The van der Waals surface area contributed by atoms with Crippen molar-refractivity contribution < 1.29 is 19.0 Å². The summed E-state index contributed by atoms with van der Waals surface area (Å²) < 4.78 is 17.8. The highest BCUT2D eigenvalue weighted by atomic mass is 16.7. The first-order chi connectivity index (χ1) is 15.6. The van der Waals surface area contributed by atoms with Crippen molar-refractivity contribution in [3.05, 3.63) is 59.8 Å². The minimum Gasteiger partial charge on any atom is -0.497 e. The van der Waals surface area contributed by atoms with Crippen LogP contribution < -0.4 is 14.2 Å². The number of amides is 1. The van der Waals surface area contributed by atoms with Crippen molar-refractivity contribution in [3.8, 4) is 28.5 Å². The summed E-state index contributed by atoms with van der Waals surface area (Å²) in [6.07, 6.45) is 0. The topological polar surface area (TPSA) is 69.1 Å². The number of carbonyl (C=O) groups is 1. The molecular weight excluding hydrogens is 408 g/mol. The molecule has 2 aliphatic heterocycles. The summed E-state index contributed by atoms with van der Waals surface area (Å²) in [5, 5.41) is 4.55. The summed E-state index contributed by atoms with van der Waals surface area (Å²) in [6, 6.07) is 15.6. The van der Waals surface area contributed by atoms with E-state index in [4.69, 9.17) is 14.2 Å². The van der Waals surface area contributed by atoms with E-state index in [0.29, 0.717) is 18.8 Å². The van der Waals surface area contributed by atoms with Crippen LogP contribution in [0.1, 0.15) is 16.1 Å². The fourth-order valence-electron chi connectivity index (χ4n) is 4.16. The first kappa shape index (κ1) is 20.4. The molecule has 1 amide bonds. The Hall–Kier alpha value is -3.52. The normalized spacial score (nSPS) is 15.8. The van der Waals surface area contributed by atoms with Gasteiger partial charge in [0, 0.05) is 45.3 Å². The van der Waals surface area contributed by atoms with Crippen LogP contribution in [0.15, 0.2) is 48.5 Å². The summed E-state index contributed by atoms with van der Waals surface area (Å²) >= 11 is 0. The predicted octanol–water partition coefficient (Wildman–Crippen LogP) is 2.78. The van der Waals surface area contributed by atoms with E-state index in [2.05, 4.69) is 16.1 Å². The van der Waals surface area contributed by atoms with Crippen LogP contribution in [-0.2, 0) is 13.6 Å². The molecule has 0 radical (unpaired) electrons. The monoisotopic (exact) mass is 434 g/mol. The lowest BCUT2D eigenvalue weighted by molar-refractivity contribution is 0.0617. The minimum atomic E-state index is 0.0110. The Balaban J connectivity index is 1.22. The van der Waals surface area contributed by atoms with E-state index in [0.717, 1.165) is 48.1 Å². The van der Waals surface area contributed by atoms with E-state index in [1.165, 1.54) is 5.56 Å². The highest BCUT2D eigenvalue weighted by Gasteiger charge is 2.25. The van der Waals surface area contributed by atoms with Gasteiger partial charge in [0.1, 0.15) is 11.4 Å². The van der Waals surface area contributed by atoms with Gasteiger partial charge >= 0.3 is 0 Å². The number of piperazine rings is 1. The predicted molar refractivity (Wildman–Crippen MR) is 119 cm³/mol. The third kappa shape index (κ3) is 4.01. The summed E-state index contributed by atoms with van der Waals surface area (Å²) in [4.78, 5) is 17.4. The zero-order valence-electron chi connectivity index (χ0n) is 18.3. The lowest BCUT2D eigenvalue weighted by Crippen LogP contribution is -2.48. The molecule has 0 spiro atoms. The van der Waals surface area contributed by atoms with Gasteiger partial charge in [0.2, 0.25) is 6.79 Å². The van der Waals surface area contributed by atoms with Gasteiger partial charge in [-0.1, -0.05) is 18.2 Å². The second-order valence-electron chi connectivity index (χ2n) is 8.03. The zero-order chi connectivity index (χ0) is 22.1. The lowest BCUT2D eigenvalue weighted by Gasteiger charge is -2.34. The number of hydrogen-bond acceptors (Lipinski definition) is 6. The molecule has 1 fully saturated rings. The number of benzene rings is 2. The number of ether oxygens (including phenoxy) is 3. The number of nitrogens with zero attached hydrogens (tertiary/aromatic N) is 4. The van der Waals surface area contributed by atoms with Gasteiger partial charge in [-0.3, -0.25) is 14.4 Å². The Bertz CT molecular complexity index is 1130. The Morgan fingerprint density at radius 2 is 1.84 bits per heavy atom. The van der Waals surface area contributed by atoms with Gasteiger partial charge in [0.25, 0.3) is 5.91 Å². The molecule has 8 nitrogen and oxygen atoms in total. The largest absolute Gasteiger partial charge is 0.497 e. The first-order valence-corrected chi connectivity index (χ1v) is 10.7. The number of rotatable bonds is 5. The Labute approximate surface area is 186 Å². The molecule has 0 saturated carbocycles. The van der Waals surface area contributed by atoms with E-state index in [-0.39, 0.29) is 12.7 Å². The van der Waals surface area contributed by atoms with Crippen LogP contribution in [0, 0.1) is 0 Å². The molecule has 1 saturated heterocycles. The summed E-state index contributed by atoms with van der Waals surface area (Å²) in [6.45, 7) is 4.12. The van der Waals surface area contributed by atoms with E-state index in [9.17, 15) is 4.79 Å². The third-order valence-electron chi connectivity index (χ3n) is 5.97. The van der Waals surface area contributed by atoms with Crippen molar-refractivity contribution in [2.45, 2.75) is 6.54 Å². The molecule has 1 aromatic heterocycles. The third-order valence-corrected chi connectivity index (χ3v) is 5.97. The van der Waals surface area contributed by atoms with Crippen molar-refractivity contribution in [1.29, 1.82) is 0 Å². The van der Waals surface area contributed by atoms with Crippen LogP contribution in [0.2, 0.25) is 0 Å². The molecule has 2 aliphatic rings. The quantitative estimate of drug-likeness (QED) is 0.615. The summed E-state index contributed by atoms with van der Waals surface area (Å²) in [5.74, 6) is 2.38. The van der Waals surface area contributed by atoms with Crippen molar-refractivity contribution in [1.82, 2.24) is 19.6 Å². The van der Waals surface area contributed by atoms with Gasteiger partial charge in [0.05, 0.1) is 12.8 Å². The highest BCUT2D eigenvalue weighted by Crippen LogP contribution is 2.33. The molecular formula is C24H26N4O4. The van der Waals surface area contributed by atoms with Crippen LogP contribution in [0.25, 0.3) is 11.3 Å². The van der Waals surface area contributed by atoms with Crippen LogP contribution in [0.3, 0.4) is 0 Å². The standard InChI is InChI=1S/C24H26N4O4/c1-26-21(14-20(25-26)18-4-3-5-19(13-18)30-2)24(29)28-10-8-27(9-11-28)15-17-6-7-22-23(12-17)32-16-31-22/h3-7,12-14H,8-11,15-16H2,1-2H3. The van der Waals surface area contributed by atoms with E-state index in [1.807, 2.05) is 54.4 Å². The molecule has 0 N–H and O–H groups in total. The molecule has 8 heteroatoms. The molecule has 3 aromatic rings. The highest BCUT2D eigenvalue weighted by molar-refractivity contribution is 5.93. The number of fused-ring (bicyclic) bond motifs is 1. The van der Waals surface area contributed by atoms with Gasteiger partial charge in [-0.2, -0.15) is 5.10 Å². The number of aryl methyl sites for hydroxylation is 1. The van der Waals surface area contributed by atoms with Gasteiger partial charge in [-0.05, 0) is 35.9 Å². The van der Waals surface area contributed by atoms with E-state index in [1.54, 1.807) is 11.8 Å². The molecule has 0 aliphatic carbocycles. The maximum atomic E-state index is 13.2. The van der Waals surface area contributed by atoms with Crippen molar-refractivity contribution in [3.63, 3.8) is 0 Å². The summed E-state index contributed by atoms with van der Waals surface area (Å²) in [7, 11) is 3.45. The fourth-order valence-corrected chi connectivity index (χ4v) is 4.16. The van der Waals surface area contributed by atoms with Crippen molar-refractivity contribution in [2.24, 2.45) is 7.05 Å². The fraction of sp³-hybridized carbons (Fsp3) is 0.333. The second-order valence-corrected chi connectivity index (χ2v) is 8.03. The molecule has 0 unspecified atom stereocenters. The van der Waals surface area contributed by atoms with Gasteiger partial charge in [-0.25, -0.2) is 0 Å². The van der Waals surface area contributed by atoms with E-state index >= 15 is 0 Å². The number of hydrogen-bond donors (Lipinski definition) is 0. The average Bonchev–Trinajstić information content (AvgIpc) is 3.45. The molecule has 0 atom stereocenters. The molecule has 166 valence electrons. The molecule has 2 aromatic carbocycles. The summed E-state index contributed by atoms with van der Waals surface area (Å²) in [5.41, 5.74) is 3.46. The first-order valence-electron chi connectivity index (χ1n) is 10.7. The van der Waals surface area contributed by atoms with Gasteiger partial charge in [-0.15, -0.1) is 0 Å². The number of methoxy groups -OCH3 is 1.